The normalized spacial score (nSPS) is 25.2. The van der Waals surface area contributed by atoms with Crippen LogP contribution in [-0.2, 0) is 28.9 Å². The highest BCUT2D eigenvalue weighted by Gasteiger charge is 2.53. The minimum absolute atomic E-state index is 0.0104. The van der Waals surface area contributed by atoms with Gasteiger partial charge in [-0.25, -0.2) is 4.79 Å². The molecule has 6 nitrogen and oxygen atoms in total. The summed E-state index contributed by atoms with van der Waals surface area (Å²) in [5, 5.41) is 2.90. The zero-order chi connectivity index (χ0) is 20.2. The first-order chi connectivity index (χ1) is 14.0. The smallest absolute Gasteiger partial charge is 0.323 e. The quantitative estimate of drug-likeness (QED) is 0.802. The highest BCUT2D eigenvalue weighted by atomic mass is 16.2. The van der Waals surface area contributed by atoms with Gasteiger partial charge in [-0.15, -0.1) is 0 Å². The molecule has 2 aromatic carbocycles. The number of anilines is 1. The van der Waals surface area contributed by atoms with Crippen LogP contribution < -0.4 is 10.2 Å². The standard InChI is InChI=1S/C23H23N3O3/c1-15-12-17-7-4-5-9-19(17)26(15)20(27)14-25-21(28)23(24-22(25)29)11-10-16-6-2-3-8-18(16)13-23/h2-9,15H,10-14H2,1H3,(H,24,29). The van der Waals surface area contributed by atoms with Crippen LogP contribution >= 0.6 is 0 Å². The lowest BCUT2D eigenvalue weighted by molar-refractivity contribution is -0.134. The third-order valence-corrected chi connectivity index (χ3v) is 6.45. The minimum Gasteiger partial charge on any atom is -0.323 e. The molecule has 0 aromatic heterocycles. The van der Waals surface area contributed by atoms with Crippen molar-refractivity contribution in [3.63, 3.8) is 0 Å². The predicted molar refractivity (Wildman–Crippen MR) is 109 cm³/mol. The Morgan fingerprint density at radius 1 is 1.07 bits per heavy atom. The van der Waals surface area contributed by atoms with Gasteiger partial charge in [-0.3, -0.25) is 14.5 Å². The number of urea groups is 1. The van der Waals surface area contributed by atoms with E-state index < -0.39 is 11.6 Å². The van der Waals surface area contributed by atoms with E-state index in [1.165, 1.54) is 5.56 Å². The molecular formula is C23H23N3O3. The summed E-state index contributed by atoms with van der Waals surface area (Å²) in [5.41, 5.74) is 3.37. The van der Waals surface area contributed by atoms with Crippen LogP contribution in [0.15, 0.2) is 48.5 Å². The van der Waals surface area contributed by atoms with Gasteiger partial charge in [0.1, 0.15) is 12.1 Å². The van der Waals surface area contributed by atoms with Gasteiger partial charge in [-0.2, -0.15) is 0 Å². The Bertz CT molecular complexity index is 1030. The lowest BCUT2D eigenvalue weighted by atomic mass is 9.78. The zero-order valence-corrected chi connectivity index (χ0v) is 16.4. The van der Waals surface area contributed by atoms with Gasteiger partial charge < -0.3 is 10.2 Å². The van der Waals surface area contributed by atoms with E-state index in [4.69, 9.17) is 0 Å². The Kier molecular flexibility index (Phi) is 3.98. The molecule has 1 N–H and O–H groups in total. The zero-order valence-electron chi connectivity index (χ0n) is 16.4. The molecule has 0 saturated carbocycles. The average Bonchev–Trinajstić information content (AvgIpc) is 3.16. The molecular weight excluding hydrogens is 366 g/mol. The van der Waals surface area contributed by atoms with Gasteiger partial charge >= 0.3 is 6.03 Å². The van der Waals surface area contributed by atoms with Gasteiger partial charge in [-0.05, 0) is 48.9 Å². The van der Waals surface area contributed by atoms with Crippen LogP contribution in [0.3, 0.4) is 0 Å². The summed E-state index contributed by atoms with van der Waals surface area (Å²) in [6.45, 7) is 1.76. The Morgan fingerprint density at radius 2 is 1.76 bits per heavy atom. The second-order valence-corrected chi connectivity index (χ2v) is 8.29. The van der Waals surface area contributed by atoms with E-state index >= 15 is 0 Å². The van der Waals surface area contributed by atoms with Crippen LogP contribution in [0.2, 0.25) is 0 Å². The lowest BCUT2D eigenvalue weighted by Crippen LogP contribution is -2.52. The van der Waals surface area contributed by atoms with Gasteiger partial charge in [0.15, 0.2) is 0 Å². The average molecular weight is 389 g/mol. The number of imide groups is 1. The number of hydrogen-bond acceptors (Lipinski definition) is 3. The van der Waals surface area contributed by atoms with E-state index in [9.17, 15) is 14.4 Å². The number of nitrogens with zero attached hydrogens (tertiary/aromatic N) is 2. The Morgan fingerprint density at radius 3 is 2.55 bits per heavy atom. The molecule has 2 aromatic rings. The maximum absolute atomic E-state index is 13.3. The Balaban J connectivity index is 1.37. The van der Waals surface area contributed by atoms with Crippen LogP contribution in [0.4, 0.5) is 10.5 Å². The van der Waals surface area contributed by atoms with E-state index in [-0.39, 0.29) is 24.4 Å². The molecule has 1 fully saturated rings. The third kappa shape index (κ3) is 2.74. The maximum atomic E-state index is 13.3. The summed E-state index contributed by atoms with van der Waals surface area (Å²) in [5.74, 6) is -0.510. The van der Waals surface area contributed by atoms with Gasteiger partial charge in [0.25, 0.3) is 5.91 Å². The highest BCUT2D eigenvalue weighted by Crippen LogP contribution is 2.35. The van der Waals surface area contributed by atoms with Crippen LogP contribution in [0.5, 0.6) is 0 Å². The molecule has 5 rings (SSSR count). The number of nitrogens with one attached hydrogen (secondary N) is 1. The molecule has 2 heterocycles. The largest absolute Gasteiger partial charge is 0.325 e. The highest BCUT2D eigenvalue weighted by molar-refractivity contribution is 6.11. The first-order valence-electron chi connectivity index (χ1n) is 10.1. The van der Waals surface area contributed by atoms with Crippen LogP contribution in [-0.4, -0.2) is 40.9 Å². The fourth-order valence-electron chi connectivity index (χ4n) is 5.00. The number of carbonyl (C=O) groups excluding carboxylic acids is 3. The number of carbonyl (C=O) groups is 3. The van der Waals surface area contributed by atoms with Gasteiger partial charge in [0.2, 0.25) is 5.91 Å². The molecule has 3 aliphatic rings. The molecule has 6 heteroatoms. The van der Waals surface area contributed by atoms with Crippen molar-refractivity contribution in [2.24, 2.45) is 0 Å². The fraction of sp³-hybridized carbons (Fsp3) is 0.348. The number of para-hydroxylation sites is 1. The van der Waals surface area contributed by atoms with E-state index in [1.807, 2.05) is 49.4 Å². The topological polar surface area (TPSA) is 69.7 Å². The Labute approximate surface area is 169 Å². The number of aryl methyl sites for hydroxylation is 1. The summed E-state index contributed by atoms with van der Waals surface area (Å²) in [7, 11) is 0. The van der Waals surface area contributed by atoms with Gasteiger partial charge in [0.05, 0.1) is 0 Å². The molecule has 4 amide bonds. The first kappa shape index (κ1) is 17.9. The molecule has 1 spiro atoms. The van der Waals surface area contributed by atoms with Crippen molar-refractivity contribution in [1.82, 2.24) is 10.2 Å². The van der Waals surface area contributed by atoms with Gasteiger partial charge in [0, 0.05) is 18.2 Å². The van der Waals surface area contributed by atoms with Crippen molar-refractivity contribution in [3.05, 3.63) is 65.2 Å². The molecule has 2 unspecified atom stereocenters. The summed E-state index contributed by atoms with van der Waals surface area (Å²) >= 11 is 0. The van der Waals surface area contributed by atoms with Crippen molar-refractivity contribution in [2.75, 3.05) is 11.4 Å². The molecule has 2 atom stereocenters. The molecule has 2 aliphatic heterocycles. The van der Waals surface area contributed by atoms with E-state index in [2.05, 4.69) is 11.4 Å². The van der Waals surface area contributed by atoms with Gasteiger partial charge in [-0.1, -0.05) is 42.5 Å². The molecule has 0 radical (unpaired) electrons. The summed E-state index contributed by atoms with van der Waals surface area (Å²) in [6.07, 6.45) is 2.55. The predicted octanol–water partition coefficient (Wildman–Crippen LogP) is 2.44. The van der Waals surface area contributed by atoms with E-state index in [1.54, 1.807) is 4.90 Å². The Hall–Kier alpha value is -3.15. The van der Waals surface area contributed by atoms with E-state index in [0.717, 1.165) is 34.6 Å². The van der Waals surface area contributed by atoms with Crippen LogP contribution in [0.25, 0.3) is 0 Å². The number of amides is 4. The lowest BCUT2D eigenvalue weighted by Gasteiger charge is -2.32. The van der Waals surface area contributed by atoms with Crippen molar-refractivity contribution < 1.29 is 14.4 Å². The fourth-order valence-corrected chi connectivity index (χ4v) is 5.00. The molecule has 148 valence electrons. The van der Waals surface area contributed by atoms with Crippen LogP contribution in [0, 0.1) is 0 Å². The van der Waals surface area contributed by atoms with Crippen molar-refractivity contribution >= 4 is 23.5 Å². The van der Waals surface area contributed by atoms with Crippen molar-refractivity contribution in [1.29, 1.82) is 0 Å². The third-order valence-electron chi connectivity index (χ3n) is 6.45. The number of rotatable bonds is 2. The SMILES string of the molecule is CC1Cc2ccccc2N1C(=O)CN1C(=O)NC2(CCc3ccccc3C2)C1=O. The van der Waals surface area contributed by atoms with Crippen molar-refractivity contribution in [2.45, 2.75) is 44.2 Å². The summed E-state index contributed by atoms with van der Waals surface area (Å²) in [4.78, 5) is 41.8. The molecule has 1 aliphatic carbocycles. The summed E-state index contributed by atoms with van der Waals surface area (Å²) in [6, 6.07) is 15.4. The molecule has 29 heavy (non-hydrogen) atoms. The number of benzene rings is 2. The second-order valence-electron chi connectivity index (χ2n) is 8.29. The second kappa shape index (κ2) is 6.44. The molecule has 0 bridgehead atoms. The molecule has 1 saturated heterocycles. The number of hydrogen-bond donors (Lipinski definition) is 1. The number of fused-ring (bicyclic) bond motifs is 2. The van der Waals surface area contributed by atoms with Crippen molar-refractivity contribution in [3.8, 4) is 0 Å². The van der Waals surface area contributed by atoms with E-state index in [0.29, 0.717) is 12.8 Å². The monoisotopic (exact) mass is 389 g/mol. The first-order valence-corrected chi connectivity index (χ1v) is 10.1. The minimum atomic E-state index is -0.930. The maximum Gasteiger partial charge on any atom is 0.325 e. The van der Waals surface area contributed by atoms with Crippen LogP contribution in [0.1, 0.15) is 30.0 Å². The summed E-state index contributed by atoms with van der Waals surface area (Å²) < 4.78 is 0.